The monoisotopic (exact) mass is 387 g/mol. The molecule has 2 N–H and O–H groups in total. The SMILES string of the molecule is Cn1cc(Br)c(-c2cccc(Nc3ccc(C([NH])=O)c(F)c3)c2)n1. The van der Waals surface area contributed by atoms with Crippen molar-refractivity contribution < 1.29 is 9.18 Å². The van der Waals surface area contributed by atoms with Gasteiger partial charge in [0.05, 0.1) is 10.0 Å². The summed E-state index contributed by atoms with van der Waals surface area (Å²) in [6.07, 6.45) is 1.86. The van der Waals surface area contributed by atoms with Crippen LogP contribution in [0.4, 0.5) is 15.8 Å². The number of hydrogen-bond acceptors (Lipinski definition) is 3. The van der Waals surface area contributed by atoms with Gasteiger partial charge in [-0.2, -0.15) is 5.10 Å². The van der Waals surface area contributed by atoms with Crippen LogP contribution in [-0.4, -0.2) is 15.7 Å². The molecule has 3 aromatic rings. The van der Waals surface area contributed by atoms with Crippen molar-refractivity contribution in [3.63, 3.8) is 0 Å². The van der Waals surface area contributed by atoms with Crippen LogP contribution < -0.4 is 11.1 Å². The van der Waals surface area contributed by atoms with Crippen LogP contribution in [0.1, 0.15) is 10.4 Å². The molecule has 3 rings (SSSR count). The van der Waals surface area contributed by atoms with E-state index in [4.69, 9.17) is 5.73 Å². The van der Waals surface area contributed by atoms with E-state index in [0.29, 0.717) is 5.69 Å². The normalized spacial score (nSPS) is 10.6. The fourth-order valence-corrected chi connectivity index (χ4v) is 2.95. The zero-order chi connectivity index (χ0) is 17.3. The van der Waals surface area contributed by atoms with E-state index in [1.165, 1.54) is 12.1 Å². The lowest BCUT2D eigenvalue weighted by Crippen LogP contribution is -2.03. The maximum absolute atomic E-state index is 13.8. The van der Waals surface area contributed by atoms with Crippen LogP contribution in [0.2, 0.25) is 0 Å². The van der Waals surface area contributed by atoms with Gasteiger partial charge < -0.3 is 5.32 Å². The minimum atomic E-state index is -1.04. The van der Waals surface area contributed by atoms with Crippen molar-refractivity contribution in [3.8, 4) is 11.3 Å². The van der Waals surface area contributed by atoms with Gasteiger partial charge in [0.1, 0.15) is 11.5 Å². The Bertz CT molecular complexity index is 923. The van der Waals surface area contributed by atoms with Crippen LogP contribution in [0.5, 0.6) is 0 Å². The van der Waals surface area contributed by atoms with Crippen LogP contribution >= 0.6 is 15.9 Å². The summed E-state index contributed by atoms with van der Waals surface area (Å²) < 4.78 is 16.4. The molecule has 5 nitrogen and oxygen atoms in total. The molecule has 0 saturated carbocycles. The molecule has 0 fully saturated rings. The Labute approximate surface area is 146 Å². The molecule has 0 atom stereocenters. The average molecular weight is 388 g/mol. The van der Waals surface area contributed by atoms with Gasteiger partial charge in [-0.05, 0) is 46.3 Å². The third-order valence-electron chi connectivity index (χ3n) is 3.42. The molecule has 0 aliphatic carbocycles. The maximum atomic E-state index is 13.8. The van der Waals surface area contributed by atoms with Crippen molar-refractivity contribution in [2.24, 2.45) is 7.05 Å². The van der Waals surface area contributed by atoms with E-state index in [9.17, 15) is 9.18 Å². The molecule has 1 aromatic heterocycles. The zero-order valence-electron chi connectivity index (χ0n) is 12.7. The van der Waals surface area contributed by atoms with Crippen molar-refractivity contribution in [1.29, 1.82) is 0 Å². The molecule has 121 valence electrons. The van der Waals surface area contributed by atoms with Gasteiger partial charge in [-0.25, -0.2) is 4.39 Å². The van der Waals surface area contributed by atoms with Crippen LogP contribution in [0, 0.1) is 5.82 Å². The molecule has 0 saturated heterocycles. The van der Waals surface area contributed by atoms with E-state index in [-0.39, 0.29) is 5.56 Å². The van der Waals surface area contributed by atoms with Gasteiger partial charge in [-0.1, -0.05) is 12.1 Å². The Morgan fingerprint density at radius 3 is 2.62 bits per heavy atom. The highest BCUT2D eigenvalue weighted by atomic mass is 79.9. The molecule has 0 unspecified atom stereocenters. The van der Waals surface area contributed by atoms with Crippen LogP contribution in [0.25, 0.3) is 11.3 Å². The summed E-state index contributed by atoms with van der Waals surface area (Å²) in [4.78, 5) is 11.0. The molecule has 1 radical (unpaired) electrons. The third-order valence-corrected chi connectivity index (χ3v) is 4.00. The number of rotatable bonds is 4. The van der Waals surface area contributed by atoms with E-state index in [2.05, 4.69) is 26.3 Å². The summed E-state index contributed by atoms with van der Waals surface area (Å²) in [5.41, 5.74) is 9.71. The zero-order valence-corrected chi connectivity index (χ0v) is 14.3. The van der Waals surface area contributed by atoms with Crippen molar-refractivity contribution in [3.05, 3.63) is 64.5 Å². The van der Waals surface area contributed by atoms with Crippen LogP contribution in [-0.2, 0) is 7.05 Å². The summed E-state index contributed by atoms with van der Waals surface area (Å²) in [6.45, 7) is 0. The lowest BCUT2D eigenvalue weighted by Gasteiger charge is -2.09. The Morgan fingerprint density at radius 1 is 1.25 bits per heavy atom. The number of nitrogens with zero attached hydrogens (tertiary/aromatic N) is 2. The molecule has 0 spiro atoms. The highest BCUT2D eigenvalue weighted by Gasteiger charge is 2.11. The number of anilines is 2. The molecule has 1 amide bonds. The van der Waals surface area contributed by atoms with E-state index in [1.807, 2.05) is 37.5 Å². The Hall–Kier alpha value is -2.67. The fraction of sp³-hybridized carbons (Fsp3) is 0.0588. The first-order valence-electron chi connectivity index (χ1n) is 7.06. The summed E-state index contributed by atoms with van der Waals surface area (Å²) in [7, 11) is 1.84. The summed E-state index contributed by atoms with van der Waals surface area (Å²) in [6, 6.07) is 11.6. The summed E-state index contributed by atoms with van der Waals surface area (Å²) in [5, 5.41) is 7.48. The molecule has 7 heteroatoms. The highest BCUT2D eigenvalue weighted by molar-refractivity contribution is 9.10. The van der Waals surface area contributed by atoms with Gasteiger partial charge in [-0.3, -0.25) is 15.2 Å². The van der Waals surface area contributed by atoms with Gasteiger partial charge >= 0.3 is 0 Å². The van der Waals surface area contributed by atoms with Gasteiger partial charge in [-0.15, -0.1) is 0 Å². The van der Waals surface area contributed by atoms with Crippen LogP contribution in [0.15, 0.2) is 53.1 Å². The van der Waals surface area contributed by atoms with Gasteiger partial charge in [0.15, 0.2) is 0 Å². The maximum Gasteiger partial charge on any atom is 0.272 e. The topological polar surface area (TPSA) is 70.7 Å². The van der Waals surface area contributed by atoms with E-state index >= 15 is 0 Å². The standard InChI is InChI=1S/C17H13BrFN4O/c1-23-9-14(18)16(22-23)10-3-2-4-11(7-10)21-12-5-6-13(17(20)24)15(19)8-12/h2-9,20-21H,1H3. The van der Waals surface area contributed by atoms with E-state index in [1.54, 1.807) is 10.7 Å². The molecule has 2 aromatic carbocycles. The van der Waals surface area contributed by atoms with E-state index in [0.717, 1.165) is 21.4 Å². The number of aromatic nitrogens is 2. The van der Waals surface area contributed by atoms with Gasteiger partial charge in [0.25, 0.3) is 5.91 Å². The summed E-state index contributed by atoms with van der Waals surface area (Å²) >= 11 is 3.47. The minimum absolute atomic E-state index is 0.244. The predicted octanol–water partition coefficient (Wildman–Crippen LogP) is 4.16. The Balaban J connectivity index is 1.89. The van der Waals surface area contributed by atoms with E-state index < -0.39 is 11.7 Å². The number of benzene rings is 2. The minimum Gasteiger partial charge on any atom is -0.355 e. The number of carbonyl (C=O) groups is 1. The first kappa shape index (κ1) is 16.2. The van der Waals surface area contributed by atoms with Crippen molar-refractivity contribution in [2.75, 3.05) is 5.32 Å². The third kappa shape index (κ3) is 3.30. The molecule has 1 heterocycles. The van der Waals surface area contributed by atoms with Crippen molar-refractivity contribution >= 4 is 33.2 Å². The molecule has 0 aliphatic rings. The lowest BCUT2D eigenvalue weighted by atomic mass is 10.1. The fourth-order valence-electron chi connectivity index (χ4n) is 2.34. The smallest absolute Gasteiger partial charge is 0.272 e. The van der Waals surface area contributed by atoms with Crippen LogP contribution in [0.3, 0.4) is 0 Å². The number of halogens is 2. The summed E-state index contributed by atoms with van der Waals surface area (Å²) in [5.74, 6) is -1.76. The molecule has 24 heavy (non-hydrogen) atoms. The second-order valence-electron chi connectivity index (χ2n) is 5.23. The van der Waals surface area contributed by atoms with Crippen molar-refractivity contribution in [1.82, 2.24) is 15.5 Å². The second-order valence-corrected chi connectivity index (χ2v) is 6.08. The highest BCUT2D eigenvalue weighted by Crippen LogP contribution is 2.29. The quantitative estimate of drug-likeness (QED) is 0.730. The van der Waals surface area contributed by atoms with Crippen molar-refractivity contribution in [2.45, 2.75) is 0 Å². The van der Waals surface area contributed by atoms with Gasteiger partial charge in [0.2, 0.25) is 0 Å². The number of amides is 1. The molecular formula is C17H13BrFN4O. The Morgan fingerprint density at radius 2 is 2.00 bits per heavy atom. The Kier molecular flexibility index (Phi) is 4.35. The first-order valence-corrected chi connectivity index (χ1v) is 7.85. The van der Waals surface area contributed by atoms with Gasteiger partial charge in [0, 0.05) is 30.2 Å². The molecular weight excluding hydrogens is 375 g/mol. The number of carbonyl (C=O) groups excluding carboxylic acids is 1. The molecule has 0 bridgehead atoms. The number of nitrogens with one attached hydrogen (secondary N) is 2. The predicted molar refractivity (Wildman–Crippen MR) is 93.5 cm³/mol. The largest absolute Gasteiger partial charge is 0.355 e. The lowest BCUT2D eigenvalue weighted by molar-refractivity contribution is 0.0988. The second kappa shape index (κ2) is 6.45. The molecule has 0 aliphatic heterocycles. The number of hydrogen-bond donors (Lipinski definition) is 1. The number of aryl methyl sites for hydroxylation is 1. The average Bonchev–Trinajstić information content (AvgIpc) is 2.86. The first-order chi connectivity index (χ1) is 11.4.